The number of carbonyl (C=O) groups is 2. The summed E-state index contributed by atoms with van der Waals surface area (Å²) < 4.78 is 14.1. The molecule has 1 N–H and O–H groups in total. The second-order valence-electron chi connectivity index (χ2n) is 6.21. The van der Waals surface area contributed by atoms with Gasteiger partial charge in [-0.1, -0.05) is 18.2 Å². The summed E-state index contributed by atoms with van der Waals surface area (Å²) in [7, 11) is 1.69. The number of urea groups is 1. The van der Waals surface area contributed by atoms with Crippen LogP contribution in [-0.2, 0) is 4.79 Å². The third-order valence-electron chi connectivity index (χ3n) is 3.85. The molecular formula is C17H24FN3O2S. The molecule has 1 aliphatic rings. The molecule has 1 aliphatic heterocycles. The zero-order valence-corrected chi connectivity index (χ0v) is 15.3. The molecule has 0 spiro atoms. The number of rotatable bonds is 5. The van der Waals surface area contributed by atoms with Gasteiger partial charge in [-0.25, -0.2) is 9.18 Å². The zero-order valence-electron chi connectivity index (χ0n) is 14.5. The molecule has 0 saturated carbocycles. The van der Waals surface area contributed by atoms with Crippen LogP contribution in [0.2, 0.25) is 0 Å². The molecule has 0 bridgehead atoms. The van der Waals surface area contributed by atoms with Gasteiger partial charge < -0.3 is 15.1 Å². The zero-order chi connectivity index (χ0) is 17.9. The van der Waals surface area contributed by atoms with Crippen molar-refractivity contribution in [3.8, 4) is 0 Å². The first-order valence-corrected chi connectivity index (χ1v) is 8.97. The number of likely N-dealkylation sites (N-methyl/N-ethyl adjacent to an activating group) is 1. The lowest BCUT2D eigenvalue weighted by atomic mass is 10.2. The van der Waals surface area contributed by atoms with Gasteiger partial charge in [-0.3, -0.25) is 4.79 Å². The first kappa shape index (κ1) is 18.6. The van der Waals surface area contributed by atoms with Crippen molar-refractivity contribution in [2.75, 3.05) is 20.1 Å². The quantitative estimate of drug-likeness (QED) is 0.886. The van der Waals surface area contributed by atoms with Crippen LogP contribution in [-0.4, -0.2) is 53.2 Å². The van der Waals surface area contributed by atoms with Crippen LogP contribution >= 0.6 is 11.8 Å². The van der Waals surface area contributed by atoms with Gasteiger partial charge >= 0.3 is 6.03 Å². The van der Waals surface area contributed by atoms with Gasteiger partial charge in [0, 0.05) is 31.7 Å². The van der Waals surface area contributed by atoms with Gasteiger partial charge in [-0.15, -0.1) is 11.8 Å². The van der Waals surface area contributed by atoms with Gasteiger partial charge in [0.15, 0.2) is 0 Å². The predicted molar refractivity (Wildman–Crippen MR) is 94.2 cm³/mol. The summed E-state index contributed by atoms with van der Waals surface area (Å²) in [5.74, 6) is -0.335. The maximum absolute atomic E-state index is 14.1. The molecule has 1 aromatic rings. The number of hydrogen-bond donors (Lipinski definition) is 1. The van der Waals surface area contributed by atoms with E-state index in [-0.39, 0.29) is 34.4 Å². The van der Waals surface area contributed by atoms with Crippen LogP contribution in [0.3, 0.4) is 0 Å². The van der Waals surface area contributed by atoms with E-state index in [1.165, 1.54) is 17.8 Å². The van der Waals surface area contributed by atoms with Gasteiger partial charge in [0.2, 0.25) is 5.91 Å². The lowest BCUT2D eigenvalue weighted by Gasteiger charge is -2.27. The van der Waals surface area contributed by atoms with E-state index < -0.39 is 0 Å². The standard InChI is InChI=1S/C17H24FN3O2S/c1-11(2)19-17(23)20(4)9-10-21-15(22)12(3)24-16(21)13-7-5-6-8-14(13)18/h5-8,11-12,16H,9-10H2,1-4H3,(H,19,23)/t12-,16-/m0/s1. The molecule has 1 fully saturated rings. The second-order valence-corrected chi connectivity index (χ2v) is 7.64. The monoisotopic (exact) mass is 353 g/mol. The number of carbonyl (C=O) groups excluding carboxylic acids is 2. The van der Waals surface area contributed by atoms with Gasteiger partial charge in [-0.05, 0) is 26.8 Å². The number of nitrogens with zero attached hydrogens (tertiary/aromatic N) is 2. The van der Waals surface area contributed by atoms with E-state index in [2.05, 4.69) is 5.32 Å². The van der Waals surface area contributed by atoms with Gasteiger partial charge in [-0.2, -0.15) is 0 Å². The average Bonchev–Trinajstić information content (AvgIpc) is 2.80. The second kappa shape index (κ2) is 7.88. The maximum atomic E-state index is 14.1. The van der Waals surface area contributed by atoms with Crippen molar-refractivity contribution in [2.45, 2.75) is 37.4 Å². The Labute approximate surface area is 146 Å². The first-order valence-electron chi connectivity index (χ1n) is 8.03. The Hall–Kier alpha value is -1.76. The molecule has 0 radical (unpaired) electrons. The summed E-state index contributed by atoms with van der Waals surface area (Å²) in [6.45, 7) is 6.38. The van der Waals surface area contributed by atoms with Crippen molar-refractivity contribution in [3.63, 3.8) is 0 Å². The predicted octanol–water partition coefficient (Wildman–Crippen LogP) is 2.84. The molecule has 24 heavy (non-hydrogen) atoms. The summed E-state index contributed by atoms with van der Waals surface area (Å²) >= 11 is 1.44. The first-order chi connectivity index (χ1) is 11.3. The minimum atomic E-state index is -0.352. The highest BCUT2D eigenvalue weighted by molar-refractivity contribution is 8.01. The highest BCUT2D eigenvalue weighted by Gasteiger charge is 2.39. The van der Waals surface area contributed by atoms with Crippen molar-refractivity contribution >= 4 is 23.7 Å². The maximum Gasteiger partial charge on any atom is 0.317 e. The van der Waals surface area contributed by atoms with E-state index in [0.717, 1.165) is 0 Å². The van der Waals surface area contributed by atoms with E-state index in [4.69, 9.17) is 0 Å². The minimum Gasteiger partial charge on any atom is -0.336 e. The number of nitrogens with one attached hydrogen (secondary N) is 1. The van der Waals surface area contributed by atoms with Crippen LogP contribution in [0.5, 0.6) is 0 Å². The van der Waals surface area contributed by atoms with Gasteiger partial charge in [0.05, 0.1) is 5.25 Å². The number of halogens is 1. The number of amides is 3. The molecule has 2 rings (SSSR count). The van der Waals surface area contributed by atoms with E-state index in [1.54, 1.807) is 35.0 Å². The topological polar surface area (TPSA) is 52.7 Å². The normalized spacial score (nSPS) is 20.6. The van der Waals surface area contributed by atoms with Crippen LogP contribution in [0.4, 0.5) is 9.18 Å². The molecule has 7 heteroatoms. The molecule has 5 nitrogen and oxygen atoms in total. The summed E-state index contributed by atoms with van der Waals surface area (Å²) in [5, 5.41) is 2.24. The third kappa shape index (κ3) is 4.20. The highest BCUT2D eigenvalue weighted by atomic mass is 32.2. The Kier molecular flexibility index (Phi) is 6.10. The summed E-state index contributed by atoms with van der Waals surface area (Å²) in [6.07, 6.45) is 0. The Morgan fingerprint density at radius 3 is 2.71 bits per heavy atom. The molecule has 0 aliphatic carbocycles. The Morgan fingerprint density at radius 2 is 2.08 bits per heavy atom. The largest absolute Gasteiger partial charge is 0.336 e. The van der Waals surface area contributed by atoms with E-state index in [1.807, 2.05) is 20.8 Å². The molecular weight excluding hydrogens is 329 g/mol. The fraction of sp³-hybridized carbons (Fsp3) is 0.529. The number of hydrogen-bond acceptors (Lipinski definition) is 3. The third-order valence-corrected chi connectivity index (χ3v) is 5.23. The van der Waals surface area contributed by atoms with Crippen molar-refractivity contribution in [1.29, 1.82) is 0 Å². The molecule has 3 amide bonds. The van der Waals surface area contributed by atoms with Crippen LogP contribution < -0.4 is 5.32 Å². The lowest BCUT2D eigenvalue weighted by molar-refractivity contribution is -0.129. The smallest absolute Gasteiger partial charge is 0.317 e. The van der Waals surface area contributed by atoms with E-state index >= 15 is 0 Å². The highest BCUT2D eigenvalue weighted by Crippen LogP contribution is 2.43. The van der Waals surface area contributed by atoms with Crippen LogP contribution in [0.25, 0.3) is 0 Å². The summed E-state index contributed by atoms with van der Waals surface area (Å²) in [6, 6.07) is 6.39. The molecule has 132 valence electrons. The Balaban J connectivity index is 2.07. The number of benzene rings is 1. The molecule has 1 heterocycles. The van der Waals surface area contributed by atoms with Crippen molar-refractivity contribution in [1.82, 2.24) is 15.1 Å². The molecule has 2 atom stereocenters. The van der Waals surface area contributed by atoms with Gasteiger partial charge in [0.25, 0.3) is 0 Å². The summed E-state index contributed by atoms with van der Waals surface area (Å²) in [4.78, 5) is 27.6. The van der Waals surface area contributed by atoms with Gasteiger partial charge in [0.1, 0.15) is 11.2 Å². The van der Waals surface area contributed by atoms with Crippen LogP contribution in [0, 0.1) is 5.82 Å². The molecule has 1 saturated heterocycles. The Bertz CT molecular complexity index is 611. The molecule has 0 unspecified atom stereocenters. The van der Waals surface area contributed by atoms with Crippen molar-refractivity contribution in [3.05, 3.63) is 35.6 Å². The fourth-order valence-electron chi connectivity index (χ4n) is 2.53. The summed E-state index contributed by atoms with van der Waals surface area (Å²) in [5.41, 5.74) is 0.509. The van der Waals surface area contributed by atoms with Crippen molar-refractivity contribution in [2.24, 2.45) is 0 Å². The van der Waals surface area contributed by atoms with Crippen LogP contribution in [0.15, 0.2) is 24.3 Å². The molecule has 0 aromatic heterocycles. The lowest BCUT2D eigenvalue weighted by Crippen LogP contribution is -2.44. The van der Waals surface area contributed by atoms with Crippen molar-refractivity contribution < 1.29 is 14.0 Å². The Morgan fingerprint density at radius 1 is 1.42 bits per heavy atom. The van der Waals surface area contributed by atoms with E-state index in [9.17, 15) is 14.0 Å². The number of thioether (sulfide) groups is 1. The minimum absolute atomic E-state index is 0.0223. The fourth-order valence-corrected chi connectivity index (χ4v) is 3.87. The SMILES string of the molecule is CC(C)NC(=O)N(C)CCN1C(=O)[C@H](C)S[C@H]1c1ccccc1F. The molecule has 1 aromatic carbocycles. The van der Waals surface area contributed by atoms with Crippen LogP contribution in [0.1, 0.15) is 31.7 Å². The van der Waals surface area contributed by atoms with E-state index in [0.29, 0.717) is 18.7 Å². The average molecular weight is 353 g/mol.